The van der Waals surface area contributed by atoms with Crippen LogP contribution in [0.15, 0.2) is 64.0 Å². The van der Waals surface area contributed by atoms with Gasteiger partial charge in [-0.3, -0.25) is 4.99 Å². The lowest BCUT2D eigenvalue weighted by molar-refractivity contribution is 0.414. The van der Waals surface area contributed by atoms with Gasteiger partial charge in [0, 0.05) is 23.1 Å². The Kier molecular flexibility index (Phi) is 6.80. The Morgan fingerprint density at radius 3 is 2.57 bits per heavy atom. The molecule has 2 aromatic carbocycles. The molecule has 5 heteroatoms. The molecule has 1 fully saturated rings. The predicted octanol–water partition coefficient (Wildman–Crippen LogP) is 6.08. The monoisotopic (exact) mass is 419 g/mol. The molecule has 0 aliphatic heterocycles. The van der Waals surface area contributed by atoms with Gasteiger partial charge in [-0.1, -0.05) is 55.7 Å². The summed E-state index contributed by atoms with van der Waals surface area (Å²) in [5.74, 6) is 1.53. The third kappa shape index (κ3) is 4.57. The molecule has 0 unspecified atom stereocenters. The van der Waals surface area contributed by atoms with Crippen molar-refractivity contribution in [1.82, 2.24) is 4.68 Å². The molecule has 4 nitrogen and oxygen atoms in total. The summed E-state index contributed by atoms with van der Waals surface area (Å²) < 4.78 is 7.40. The van der Waals surface area contributed by atoms with Crippen molar-refractivity contribution in [3.63, 3.8) is 0 Å². The third-order valence-corrected chi connectivity index (χ3v) is 6.57. The van der Waals surface area contributed by atoms with E-state index in [0.29, 0.717) is 0 Å². The maximum absolute atomic E-state index is 5.46. The van der Waals surface area contributed by atoms with Crippen molar-refractivity contribution in [2.45, 2.75) is 44.9 Å². The van der Waals surface area contributed by atoms with E-state index in [9.17, 15) is 0 Å². The molecular formula is C25H29N3OS. The predicted molar refractivity (Wildman–Crippen MR) is 126 cm³/mol. The highest BCUT2D eigenvalue weighted by molar-refractivity contribution is 7.07. The lowest BCUT2D eigenvalue weighted by Gasteiger charge is -2.22. The maximum Gasteiger partial charge on any atom is 0.206 e. The summed E-state index contributed by atoms with van der Waals surface area (Å²) in [4.78, 5) is 5.53. The minimum Gasteiger partial charge on any atom is -0.496 e. The molecule has 1 saturated carbocycles. The zero-order valence-corrected chi connectivity index (χ0v) is 18.6. The van der Waals surface area contributed by atoms with E-state index in [1.165, 1.54) is 43.2 Å². The van der Waals surface area contributed by atoms with Crippen molar-refractivity contribution >= 4 is 17.6 Å². The van der Waals surface area contributed by atoms with E-state index in [1.54, 1.807) is 18.4 Å². The molecular weight excluding hydrogens is 390 g/mol. The first kappa shape index (κ1) is 20.6. The van der Waals surface area contributed by atoms with E-state index in [4.69, 9.17) is 9.84 Å². The Bertz CT molecular complexity index is 1060. The third-order valence-electron chi connectivity index (χ3n) is 5.71. The van der Waals surface area contributed by atoms with Crippen LogP contribution in [0.3, 0.4) is 0 Å². The quantitative estimate of drug-likeness (QED) is 0.447. The number of ether oxygens (including phenoxy) is 1. The first-order valence-corrected chi connectivity index (χ1v) is 11.7. The fraction of sp³-hybridized carbons (Fsp3) is 0.360. The highest BCUT2D eigenvalue weighted by Crippen LogP contribution is 2.33. The van der Waals surface area contributed by atoms with E-state index in [0.717, 1.165) is 34.3 Å². The van der Waals surface area contributed by atoms with Crippen LogP contribution in [0, 0.1) is 0 Å². The molecule has 1 heterocycles. The Hall–Kier alpha value is -2.66. The van der Waals surface area contributed by atoms with Gasteiger partial charge < -0.3 is 4.74 Å². The molecule has 0 bridgehead atoms. The number of hydrogen-bond acceptors (Lipinski definition) is 4. The van der Waals surface area contributed by atoms with Gasteiger partial charge in [0.25, 0.3) is 0 Å². The van der Waals surface area contributed by atoms with Gasteiger partial charge in [0.2, 0.25) is 4.80 Å². The van der Waals surface area contributed by atoms with Gasteiger partial charge in [-0.2, -0.15) is 5.10 Å². The summed E-state index contributed by atoms with van der Waals surface area (Å²) in [5, 5.41) is 6.92. The summed E-state index contributed by atoms with van der Waals surface area (Å²) in [5.41, 5.74) is 4.64. The summed E-state index contributed by atoms with van der Waals surface area (Å²) in [6.45, 7) is 2.78. The highest BCUT2D eigenvalue weighted by Gasteiger charge is 2.16. The lowest BCUT2D eigenvalue weighted by atomic mass is 9.84. The number of nitrogens with zero attached hydrogens (tertiary/aromatic N) is 3. The number of para-hydroxylation sites is 1. The molecule has 0 radical (unpaired) electrons. The van der Waals surface area contributed by atoms with Crippen molar-refractivity contribution in [3.05, 3.63) is 69.8 Å². The van der Waals surface area contributed by atoms with Gasteiger partial charge in [0.05, 0.1) is 19.0 Å². The van der Waals surface area contributed by atoms with Crippen LogP contribution < -0.4 is 9.54 Å². The van der Waals surface area contributed by atoms with E-state index in [1.807, 2.05) is 42.1 Å². The van der Waals surface area contributed by atoms with Crippen LogP contribution in [0.1, 0.15) is 56.1 Å². The number of thiazole rings is 1. The number of hydrogen-bond donors (Lipinski definition) is 0. The average Bonchev–Trinajstić information content (AvgIpc) is 3.21. The van der Waals surface area contributed by atoms with Crippen LogP contribution >= 0.6 is 11.3 Å². The molecule has 0 spiro atoms. The maximum atomic E-state index is 5.46. The Morgan fingerprint density at radius 1 is 1.07 bits per heavy atom. The summed E-state index contributed by atoms with van der Waals surface area (Å²) in [6.07, 6.45) is 8.59. The minimum absolute atomic E-state index is 0.719. The van der Waals surface area contributed by atoms with Gasteiger partial charge in [-0.25, -0.2) is 4.68 Å². The molecule has 3 aromatic rings. The van der Waals surface area contributed by atoms with Crippen LogP contribution in [0.5, 0.6) is 5.75 Å². The van der Waals surface area contributed by atoms with Crippen LogP contribution in [0.25, 0.3) is 11.3 Å². The van der Waals surface area contributed by atoms with Gasteiger partial charge in [0.15, 0.2) is 0 Å². The van der Waals surface area contributed by atoms with Crippen molar-refractivity contribution in [1.29, 1.82) is 0 Å². The molecule has 0 amide bonds. The first-order chi connectivity index (χ1) is 14.8. The van der Waals surface area contributed by atoms with Gasteiger partial charge in [-0.15, -0.1) is 11.3 Å². The number of rotatable bonds is 6. The topological polar surface area (TPSA) is 38.9 Å². The smallest absolute Gasteiger partial charge is 0.206 e. The zero-order valence-electron chi connectivity index (χ0n) is 17.8. The first-order valence-electron chi connectivity index (χ1n) is 10.8. The van der Waals surface area contributed by atoms with Crippen molar-refractivity contribution < 1.29 is 4.74 Å². The molecule has 1 aliphatic carbocycles. The summed E-state index contributed by atoms with van der Waals surface area (Å²) >= 11 is 1.62. The Labute approximate surface area is 182 Å². The summed E-state index contributed by atoms with van der Waals surface area (Å²) in [7, 11) is 1.68. The SMILES string of the molecule is CCN=c1scc(-c2ccc(C3CCCCC3)cc2)n1/N=C\c1ccccc1OC. The Morgan fingerprint density at radius 2 is 1.83 bits per heavy atom. The van der Waals surface area contributed by atoms with E-state index < -0.39 is 0 Å². The lowest BCUT2D eigenvalue weighted by Crippen LogP contribution is -2.12. The fourth-order valence-electron chi connectivity index (χ4n) is 4.11. The average molecular weight is 420 g/mol. The second kappa shape index (κ2) is 9.90. The van der Waals surface area contributed by atoms with Crippen molar-refractivity contribution in [3.8, 4) is 17.0 Å². The van der Waals surface area contributed by atoms with Crippen molar-refractivity contribution in [2.75, 3.05) is 13.7 Å². The van der Waals surface area contributed by atoms with Crippen molar-refractivity contribution in [2.24, 2.45) is 10.1 Å². The fourth-order valence-corrected chi connectivity index (χ4v) is 5.01. The molecule has 156 valence electrons. The van der Waals surface area contributed by atoms with Crippen LogP contribution in [0.2, 0.25) is 0 Å². The van der Waals surface area contributed by atoms with Gasteiger partial charge in [0.1, 0.15) is 5.75 Å². The second-order valence-corrected chi connectivity index (χ2v) is 8.47. The number of methoxy groups -OCH3 is 1. The number of aromatic nitrogens is 1. The molecule has 0 atom stereocenters. The second-order valence-electron chi connectivity index (χ2n) is 7.63. The molecule has 0 saturated heterocycles. The Balaban J connectivity index is 1.67. The van der Waals surface area contributed by atoms with E-state index in [-0.39, 0.29) is 0 Å². The van der Waals surface area contributed by atoms with E-state index in [2.05, 4.69) is 34.6 Å². The van der Waals surface area contributed by atoms with Gasteiger partial charge >= 0.3 is 0 Å². The molecule has 4 rings (SSSR count). The molecule has 1 aliphatic rings. The summed E-state index contributed by atoms with van der Waals surface area (Å²) in [6, 6.07) is 17.0. The highest BCUT2D eigenvalue weighted by atomic mass is 32.1. The van der Waals surface area contributed by atoms with Crippen LogP contribution in [-0.4, -0.2) is 24.5 Å². The van der Waals surface area contributed by atoms with E-state index >= 15 is 0 Å². The molecule has 1 aromatic heterocycles. The normalized spacial score (nSPS) is 15.7. The van der Waals surface area contributed by atoms with Crippen LogP contribution in [-0.2, 0) is 0 Å². The number of benzene rings is 2. The molecule has 30 heavy (non-hydrogen) atoms. The van der Waals surface area contributed by atoms with Crippen LogP contribution in [0.4, 0.5) is 0 Å². The zero-order chi connectivity index (χ0) is 20.8. The largest absolute Gasteiger partial charge is 0.496 e. The molecule has 0 N–H and O–H groups in total. The van der Waals surface area contributed by atoms with Gasteiger partial charge in [-0.05, 0) is 43.4 Å². The minimum atomic E-state index is 0.719. The standard InChI is InChI=1S/C25H29N3OS/c1-3-26-25-28(27-17-22-11-7-8-12-24(22)29-2)23(18-30-25)21-15-13-20(14-16-21)19-9-5-4-6-10-19/h7-8,11-19H,3-6,9-10H2,1-2H3/b26-25?,27-17-.